The second-order valence-electron chi connectivity index (χ2n) is 5.70. The summed E-state index contributed by atoms with van der Waals surface area (Å²) in [6.45, 7) is 6.75. The molecule has 1 aromatic carbocycles. The lowest BCUT2D eigenvalue weighted by molar-refractivity contribution is 0.281. The van der Waals surface area contributed by atoms with E-state index in [-0.39, 0.29) is 0 Å². The first kappa shape index (κ1) is 12.8. The molecule has 1 aliphatic rings. The van der Waals surface area contributed by atoms with Crippen molar-refractivity contribution >= 4 is 17.3 Å². The minimum absolute atomic E-state index is 0.577. The van der Waals surface area contributed by atoms with Gasteiger partial charge in [0.25, 0.3) is 0 Å². The third-order valence-electron chi connectivity index (χ3n) is 3.73. The molecule has 1 aliphatic carbocycles. The van der Waals surface area contributed by atoms with E-state index in [0.29, 0.717) is 6.04 Å². The second kappa shape index (κ2) is 5.30. The molecule has 1 N–H and O–H groups in total. The predicted octanol–water partition coefficient (Wildman–Crippen LogP) is 4.89. The first-order valence-corrected chi connectivity index (χ1v) is 6.95. The van der Waals surface area contributed by atoms with E-state index in [1.54, 1.807) is 0 Å². The molecule has 2 unspecified atom stereocenters. The molecule has 2 atom stereocenters. The van der Waals surface area contributed by atoms with E-state index in [0.717, 1.165) is 28.1 Å². The van der Waals surface area contributed by atoms with E-state index >= 15 is 0 Å². The van der Waals surface area contributed by atoms with Crippen LogP contribution in [-0.4, -0.2) is 6.04 Å². The van der Waals surface area contributed by atoms with Crippen molar-refractivity contribution in [1.82, 2.24) is 0 Å². The van der Waals surface area contributed by atoms with Crippen molar-refractivity contribution in [2.24, 2.45) is 11.8 Å². The number of hydrogen-bond donors (Lipinski definition) is 1. The summed E-state index contributed by atoms with van der Waals surface area (Å²) in [7, 11) is 0. The van der Waals surface area contributed by atoms with Gasteiger partial charge >= 0.3 is 0 Å². The maximum atomic E-state index is 6.32. The normalized spacial score (nSPS) is 29.1. The average molecular weight is 252 g/mol. The largest absolute Gasteiger partial charge is 0.381 e. The second-order valence-corrected chi connectivity index (χ2v) is 6.07. The van der Waals surface area contributed by atoms with Crippen molar-refractivity contribution in [3.8, 4) is 0 Å². The summed E-state index contributed by atoms with van der Waals surface area (Å²) in [5.74, 6) is 1.64. The molecular weight excluding hydrogens is 230 g/mol. The van der Waals surface area contributed by atoms with Gasteiger partial charge in [0.15, 0.2) is 0 Å². The van der Waals surface area contributed by atoms with Crippen LogP contribution in [0.1, 0.15) is 38.7 Å². The summed E-state index contributed by atoms with van der Waals surface area (Å²) >= 11 is 6.32. The summed E-state index contributed by atoms with van der Waals surface area (Å²) in [4.78, 5) is 0. The zero-order valence-electron chi connectivity index (χ0n) is 11.0. The first-order valence-electron chi connectivity index (χ1n) is 6.58. The van der Waals surface area contributed by atoms with Crippen molar-refractivity contribution in [1.29, 1.82) is 0 Å². The molecule has 2 rings (SSSR count). The van der Waals surface area contributed by atoms with Crippen molar-refractivity contribution in [3.63, 3.8) is 0 Å². The van der Waals surface area contributed by atoms with Crippen LogP contribution in [-0.2, 0) is 0 Å². The third kappa shape index (κ3) is 3.16. The van der Waals surface area contributed by atoms with Gasteiger partial charge in [-0.2, -0.15) is 0 Å². The molecule has 17 heavy (non-hydrogen) atoms. The molecule has 0 bridgehead atoms. The van der Waals surface area contributed by atoms with E-state index < -0.39 is 0 Å². The molecule has 0 amide bonds. The lowest BCUT2D eigenvalue weighted by atomic mass is 9.80. The zero-order chi connectivity index (χ0) is 12.4. The van der Waals surface area contributed by atoms with Gasteiger partial charge in [0.1, 0.15) is 0 Å². The van der Waals surface area contributed by atoms with Gasteiger partial charge in [0.2, 0.25) is 0 Å². The van der Waals surface area contributed by atoms with Crippen LogP contribution in [0.15, 0.2) is 18.2 Å². The molecule has 2 heteroatoms. The first-order chi connectivity index (χ1) is 8.06. The summed E-state index contributed by atoms with van der Waals surface area (Å²) in [6.07, 6.45) is 3.88. The molecular formula is C15H22ClN. The molecule has 1 fully saturated rings. The van der Waals surface area contributed by atoms with Crippen molar-refractivity contribution < 1.29 is 0 Å². The van der Waals surface area contributed by atoms with Gasteiger partial charge in [-0.05, 0) is 49.7 Å². The summed E-state index contributed by atoms with van der Waals surface area (Å²) in [5.41, 5.74) is 2.24. The van der Waals surface area contributed by atoms with E-state index in [9.17, 15) is 0 Å². The summed E-state index contributed by atoms with van der Waals surface area (Å²) < 4.78 is 0. The van der Waals surface area contributed by atoms with E-state index in [1.807, 2.05) is 0 Å². The molecule has 1 aromatic rings. The molecule has 0 radical (unpaired) electrons. The van der Waals surface area contributed by atoms with Crippen LogP contribution in [0, 0.1) is 18.8 Å². The third-order valence-corrected chi connectivity index (χ3v) is 4.23. The van der Waals surface area contributed by atoms with Crippen LogP contribution < -0.4 is 5.32 Å². The molecule has 0 aliphatic heterocycles. The molecule has 0 spiro atoms. The number of anilines is 1. The Morgan fingerprint density at radius 2 is 1.76 bits per heavy atom. The van der Waals surface area contributed by atoms with Gasteiger partial charge in [-0.25, -0.2) is 0 Å². The predicted molar refractivity (Wildman–Crippen MR) is 75.8 cm³/mol. The van der Waals surface area contributed by atoms with Gasteiger partial charge in [-0.3, -0.25) is 0 Å². The number of nitrogens with one attached hydrogen (secondary N) is 1. The maximum absolute atomic E-state index is 6.32. The highest BCUT2D eigenvalue weighted by molar-refractivity contribution is 6.34. The fourth-order valence-electron chi connectivity index (χ4n) is 3.04. The van der Waals surface area contributed by atoms with Gasteiger partial charge in [0.05, 0.1) is 10.7 Å². The molecule has 0 saturated heterocycles. The highest BCUT2D eigenvalue weighted by Gasteiger charge is 2.24. The standard InChI is InChI=1S/C15H22ClN/c1-10-7-11(2)9-13(8-10)17-14-6-4-5-12(3)15(14)16/h4-6,10-11,13,17H,7-9H2,1-3H3. The van der Waals surface area contributed by atoms with Crippen LogP contribution in [0.25, 0.3) is 0 Å². The van der Waals surface area contributed by atoms with E-state index in [2.05, 4.69) is 44.3 Å². The van der Waals surface area contributed by atoms with Crippen LogP contribution in [0.5, 0.6) is 0 Å². The van der Waals surface area contributed by atoms with Gasteiger partial charge in [-0.1, -0.05) is 37.6 Å². The van der Waals surface area contributed by atoms with Crippen LogP contribution >= 0.6 is 11.6 Å². The number of hydrogen-bond acceptors (Lipinski definition) is 1. The average Bonchev–Trinajstić information content (AvgIpc) is 2.23. The monoisotopic (exact) mass is 251 g/mol. The molecule has 0 aromatic heterocycles. The van der Waals surface area contributed by atoms with Crippen molar-refractivity contribution in [2.75, 3.05) is 5.32 Å². The molecule has 94 valence electrons. The fourth-order valence-corrected chi connectivity index (χ4v) is 3.22. The topological polar surface area (TPSA) is 12.0 Å². The smallest absolute Gasteiger partial charge is 0.0666 e. The minimum Gasteiger partial charge on any atom is -0.381 e. The number of halogens is 1. The number of benzene rings is 1. The Kier molecular flexibility index (Phi) is 3.98. The Bertz CT molecular complexity index is 379. The molecule has 0 heterocycles. The van der Waals surface area contributed by atoms with Crippen molar-refractivity contribution in [2.45, 2.75) is 46.1 Å². The van der Waals surface area contributed by atoms with Crippen LogP contribution in [0.4, 0.5) is 5.69 Å². The Balaban J connectivity index is 2.07. The number of aryl methyl sites for hydroxylation is 1. The van der Waals surface area contributed by atoms with Gasteiger partial charge in [0, 0.05) is 6.04 Å². The van der Waals surface area contributed by atoms with Gasteiger partial charge in [-0.15, -0.1) is 0 Å². The summed E-state index contributed by atoms with van der Waals surface area (Å²) in [6, 6.07) is 6.78. The quantitative estimate of drug-likeness (QED) is 0.790. The Labute approximate surface area is 110 Å². The van der Waals surface area contributed by atoms with Crippen molar-refractivity contribution in [3.05, 3.63) is 28.8 Å². The van der Waals surface area contributed by atoms with Crippen LogP contribution in [0.3, 0.4) is 0 Å². The highest BCUT2D eigenvalue weighted by atomic mass is 35.5. The Morgan fingerprint density at radius 3 is 2.41 bits per heavy atom. The SMILES string of the molecule is Cc1cccc(NC2CC(C)CC(C)C2)c1Cl. The van der Waals surface area contributed by atoms with E-state index in [4.69, 9.17) is 11.6 Å². The van der Waals surface area contributed by atoms with E-state index in [1.165, 1.54) is 19.3 Å². The molecule has 1 saturated carbocycles. The minimum atomic E-state index is 0.577. The Morgan fingerprint density at radius 1 is 1.12 bits per heavy atom. The van der Waals surface area contributed by atoms with Gasteiger partial charge < -0.3 is 5.32 Å². The highest BCUT2D eigenvalue weighted by Crippen LogP contribution is 2.33. The Hall–Kier alpha value is -0.690. The van der Waals surface area contributed by atoms with Crippen LogP contribution in [0.2, 0.25) is 5.02 Å². The fraction of sp³-hybridized carbons (Fsp3) is 0.600. The lowest BCUT2D eigenvalue weighted by Gasteiger charge is -2.33. The number of rotatable bonds is 2. The molecule has 1 nitrogen and oxygen atoms in total. The zero-order valence-corrected chi connectivity index (χ0v) is 11.7. The summed E-state index contributed by atoms with van der Waals surface area (Å²) in [5, 5.41) is 4.49. The lowest BCUT2D eigenvalue weighted by Crippen LogP contribution is -2.30. The maximum Gasteiger partial charge on any atom is 0.0666 e.